The quantitative estimate of drug-likeness (QED) is 0.441. The van der Waals surface area contributed by atoms with E-state index >= 15 is 0 Å². The van der Waals surface area contributed by atoms with Crippen molar-refractivity contribution in [3.63, 3.8) is 0 Å². The van der Waals surface area contributed by atoms with Crippen LogP contribution < -0.4 is 0 Å². The van der Waals surface area contributed by atoms with Crippen molar-refractivity contribution in [2.24, 2.45) is 0 Å². The van der Waals surface area contributed by atoms with Gasteiger partial charge in [-0.3, -0.25) is 0 Å². The molecule has 0 saturated carbocycles. The van der Waals surface area contributed by atoms with Gasteiger partial charge in [-0.25, -0.2) is 0 Å². The van der Waals surface area contributed by atoms with Crippen LogP contribution in [0.4, 0.5) is 0 Å². The van der Waals surface area contributed by atoms with Gasteiger partial charge < -0.3 is 0 Å². The number of ketones is 2. The van der Waals surface area contributed by atoms with E-state index in [1.165, 1.54) is 0 Å². The first-order chi connectivity index (χ1) is 8.99. The summed E-state index contributed by atoms with van der Waals surface area (Å²) in [6, 6.07) is 0. The maximum absolute atomic E-state index is 11.2. The molecule has 0 aliphatic carbocycles. The molecule has 0 amide bonds. The topological polar surface area (TPSA) is 86.7 Å². The molecule has 19 heavy (non-hydrogen) atoms. The van der Waals surface area contributed by atoms with Crippen LogP contribution >= 0.6 is 0 Å². The van der Waals surface area contributed by atoms with E-state index in [0.29, 0.717) is 25.7 Å². The number of hydrogen-bond donors (Lipinski definition) is 0. The summed E-state index contributed by atoms with van der Waals surface area (Å²) in [6.07, 6.45) is 1.47. The third-order valence-corrected chi connectivity index (χ3v) is 3.61. The van der Waals surface area contributed by atoms with Crippen LogP contribution in [-0.2, 0) is 26.2 Å². The summed E-state index contributed by atoms with van der Waals surface area (Å²) in [5.41, 5.74) is 0. The van der Waals surface area contributed by atoms with Gasteiger partial charge in [-0.2, -0.15) is 0 Å². The Morgan fingerprint density at radius 1 is 0.789 bits per heavy atom. The Morgan fingerprint density at radius 2 is 1.16 bits per heavy atom. The predicted molar refractivity (Wildman–Crippen MR) is 67.0 cm³/mol. The number of carbonyl (C=O) groups excluding carboxylic acids is 4. The van der Waals surface area contributed by atoms with E-state index in [1.807, 2.05) is 13.8 Å². The van der Waals surface area contributed by atoms with Crippen LogP contribution in [0, 0.1) is 0 Å². The van der Waals surface area contributed by atoms with Crippen LogP contribution in [0.5, 0.6) is 0 Å². The van der Waals surface area contributed by atoms with Gasteiger partial charge >= 0.3 is 120 Å². The summed E-state index contributed by atoms with van der Waals surface area (Å²) in [5.74, 6) is -1.69. The van der Waals surface area contributed by atoms with Crippen molar-refractivity contribution in [3.8, 4) is 0 Å². The van der Waals surface area contributed by atoms with E-state index in [4.69, 9.17) is 7.06 Å². The fraction of sp³-hybridized carbons (Fsp3) is 0.667. The number of rotatable bonds is 10. The van der Waals surface area contributed by atoms with Gasteiger partial charge in [-0.15, -0.1) is 0 Å². The standard InChI is InChI=1S/2C6H10O3.Ga/c2*1-2-3-5(7)4-6(8)9;/h2*2-4H2,1H3,(H,8,9);/q;;+2/p-2. The fourth-order valence-electron chi connectivity index (χ4n) is 1.27. The first-order valence-corrected chi connectivity index (χ1v) is 8.21. The van der Waals surface area contributed by atoms with Crippen molar-refractivity contribution in [1.82, 2.24) is 0 Å². The summed E-state index contributed by atoms with van der Waals surface area (Å²) in [7, 11) is 0. The van der Waals surface area contributed by atoms with E-state index in [2.05, 4.69) is 0 Å². The van der Waals surface area contributed by atoms with Gasteiger partial charge in [-0.1, -0.05) is 0 Å². The van der Waals surface area contributed by atoms with Crippen LogP contribution in [0.25, 0.3) is 0 Å². The van der Waals surface area contributed by atoms with Gasteiger partial charge in [0.2, 0.25) is 0 Å². The summed E-state index contributed by atoms with van der Waals surface area (Å²) in [6.45, 7) is 3.68. The number of hydrogen-bond acceptors (Lipinski definition) is 6. The Kier molecular flexibility index (Phi) is 10.2. The van der Waals surface area contributed by atoms with Crippen molar-refractivity contribution in [2.75, 3.05) is 0 Å². The molecule has 0 aliphatic rings. The monoisotopic (exact) mass is 327 g/mol. The molecule has 0 fully saturated rings. The van der Waals surface area contributed by atoms with Crippen molar-refractivity contribution in [2.45, 2.75) is 52.4 Å². The SMILES string of the molecule is CCCC(=O)CC(=O)[O][Ga][O]C(=O)CC(=O)CCC. The van der Waals surface area contributed by atoms with E-state index in [9.17, 15) is 19.2 Å². The van der Waals surface area contributed by atoms with Crippen LogP contribution in [0.3, 0.4) is 0 Å². The van der Waals surface area contributed by atoms with Crippen LogP contribution in [0.2, 0.25) is 0 Å². The molecule has 0 N–H and O–H groups in total. The molecule has 7 heteroatoms. The molecule has 0 atom stereocenters. The first kappa shape index (κ1) is 17.9. The molecule has 0 heterocycles. The molecule has 0 rings (SSSR count). The molecule has 0 bridgehead atoms. The van der Waals surface area contributed by atoms with Crippen molar-refractivity contribution < 1.29 is 26.2 Å². The van der Waals surface area contributed by atoms with Gasteiger partial charge in [0, 0.05) is 0 Å². The number of Topliss-reactive ketones (excluding diaryl/α,β-unsaturated/α-hetero) is 2. The van der Waals surface area contributed by atoms with Crippen LogP contribution in [0.1, 0.15) is 52.4 Å². The minimum absolute atomic E-state index is 0.186. The molecule has 0 aromatic rings. The van der Waals surface area contributed by atoms with Gasteiger partial charge in [0.25, 0.3) is 0 Å². The fourth-order valence-corrected chi connectivity index (χ4v) is 2.17. The summed E-state index contributed by atoms with van der Waals surface area (Å²) in [5, 5.41) is 0. The zero-order chi connectivity index (χ0) is 14.7. The van der Waals surface area contributed by atoms with Crippen LogP contribution in [0.15, 0.2) is 0 Å². The summed E-state index contributed by atoms with van der Waals surface area (Å²) >= 11 is -1.96. The molecule has 0 spiro atoms. The summed E-state index contributed by atoms with van der Waals surface area (Å²) in [4.78, 5) is 44.6. The Balaban J connectivity index is 3.72. The molecule has 0 aliphatic heterocycles. The van der Waals surface area contributed by atoms with Crippen molar-refractivity contribution >= 4 is 41.6 Å². The molecule has 0 unspecified atom stereocenters. The van der Waals surface area contributed by atoms with E-state index in [0.717, 1.165) is 0 Å². The number of carbonyl (C=O) groups is 4. The zero-order valence-corrected chi connectivity index (χ0v) is 13.7. The van der Waals surface area contributed by atoms with Gasteiger partial charge in [0.15, 0.2) is 0 Å². The molecule has 0 aromatic heterocycles. The van der Waals surface area contributed by atoms with Gasteiger partial charge in [0.1, 0.15) is 0 Å². The molecular formula is C12H18GaO6. The van der Waals surface area contributed by atoms with E-state index < -0.39 is 30.1 Å². The van der Waals surface area contributed by atoms with Gasteiger partial charge in [0.05, 0.1) is 0 Å². The third kappa shape index (κ3) is 10.5. The molecule has 0 saturated heterocycles. The van der Waals surface area contributed by atoms with Gasteiger partial charge in [-0.05, 0) is 0 Å². The Hall–Kier alpha value is -1.08. The maximum atomic E-state index is 11.2. The van der Waals surface area contributed by atoms with Crippen molar-refractivity contribution in [3.05, 3.63) is 0 Å². The molecule has 6 nitrogen and oxygen atoms in total. The molecule has 1 radical (unpaired) electrons. The minimum atomic E-state index is -1.96. The van der Waals surface area contributed by atoms with E-state index in [-0.39, 0.29) is 24.4 Å². The Labute approximate surface area is 120 Å². The summed E-state index contributed by atoms with van der Waals surface area (Å²) < 4.78 is 9.43. The van der Waals surface area contributed by atoms with Crippen LogP contribution in [-0.4, -0.2) is 41.6 Å². The zero-order valence-electron chi connectivity index (χ0n) is 11.3. The molecular weight excluding hydrogens is 310 g/mol. The molecule has 0 aromatic carbocycles. The first-order valence-electron chi connectivity index (χ1n) is 6.23. The third-order valence-electron chi connectivity index (χ3n) is 2.10. The average molecular weight is 328 g/mol. The molecule has 105 valence electrons. The van der Waals surface area contributed by atoms with E-state index in [1.54, 1.807) is 0 Å². The Morgan fingerprint density at radius 3 is 1.47 bits per heavy atom. The second-order valence-electron chi connectivity index (χ2n) is 4.01. The van der Waals surface area contributed by atoms with Crippen molar-refractivity contribution in [1.29, 1.82) is 0 Å². The normalized spacial score (nSPS) is 9.58. The predicted octanol–water partition coefficient (Wildman–Crippen LogP) is 1.13. The second-order valence-corrected chi connectivity index (χ2v) is 5.40. The Bertz CT molecular complexity index is 307. The average Bonchev–Trinajstić information content (AvgIpc) is 2.28. The second kappa shape index (κ2) is 10.8.